The van der Waals surface area contributed by atoms with Gasteiger partial charge in [0, 0.05) is 12.3 Å². The van der Waals surface area contributed by atoms with Gasteiger partial charge in [-0.25, -0.2) is 0 Å². The van der Waals surface area contributed by atoms with Crippen LogP contribution in [0.1, 0.15) is 44.9 Å². The highest BCUT2D eigenvalue weighted by Crippen LogP contribution is 2.21. The Kier molecular flexibility index (Phi) is 7.24. The molecule has 0 amide bonds. The van der Waals surface area contributed by atoms with Crippen molar-refractivity contribution in [1.82, 2.24) is 5.32 Å². The molecule has 0 aliphatic heterocycles. The van der Waals surface area contributed by atoms with Crippen LogP contribution in [0.3, 0.4) is 0 Å². The average Bonchev–Trinajstić information content (AvgIpc) is 2.25. The third-order valence-electron chi connectivity index (χ3n) is 2.78. The van der Waals surface area contributed by atoms with Crippen molar-refractivity contribution < 1.29 is 0 Å². The Labute approximate surface area is 93.8 Å². The Bertz CT molecular complexity index is 166. The third-order valence-corrected chi connectivity index (χ3v) is 3.00. The minimum absolute atomic E-state index is 0.950. The molecule has 0 heterocycles. The average molecular weight is 213 g/mol. The molecular weight excluding hydrogens is 190 g/mol. The largest absolute Gasteiger partial charge is 0.316 e. The summed E-state index contributed by atoms with van der Waals surface area (Å²) in [5.74, 6) is 0.950. The molecule has 0 aromatic rings. The summed E-state index contributed by atoms with van der Waals surface area (Å²) in [5, 5.41) is 3.38. The van der Waals surface area contributed by atoms with Crippen molar-refractivity contribution in [2.24, 2.45) is 0 Å². The molecule has 2 heteroatoms. The number of allylic oxidation sites excluding steroid dienone is 2. The van der Waals surface area contributed by atoms with Crippen LogP contribution in [0, 0.1) is 0 Å². The van der Waals surface area contributed by atoms with E-state index in [0.29, 0.717) is 0 Å². The molecular formula is C12H23NS. The van der Waals surface area contributed by atoms with Crippen LogP contribution in [0.5, 0.6) is 0 Å². The van der Waals surface area contributed by atoms with Crippen molar-refractivity contribution in [3.05, 3.63) is 11.6 Å². The zero-order chi connectivity index (χ0) is 10.1. The zero-order valence-electron chi connectivity index (χ0n) is 9.10. The fourth-order valence-corrected chi connectivity index (χ4v) is 2.10. The van der Waals surface area contributed by atoms with Crippen molar-refractivity contribution in [2.45, 2.75) is 44.9 Å². The maximum atomic E-state index is 4.16. The predicted molar refractivity (Wildman–Crippen MR) is 67.1 cm³/mol. The highest BCUT2D eigenvalue weighted by atomic mass is 32.1. The van der Waals surface area contributed by atoms with Gasteiger partial charge in [-0.1, -0.05) is 11.6 Å². The molecule has 0 bridgehead atoms. The Balaban J connectivity index is 1.90. The second-order valence-corrected chi connectivity index (χ2v) is 4.49. The molecule has 1 aliphatic rings. The van der Waals surface area contributed by atoms with Gasteiger partial charge in [0.1, 0.15) is 0 Å². The van der Waals surface area contributed by atoms with Crippen molar-refractivity contribution in [2.75, 3.05) is 18.8 Å². The van der Waals surface area contributed by atoms with Crippen molar-refractivity contribution >= 4 is 12.6 Å². The van der Waals surface area contributed by atoms with Crippen LogP contribution in [-0.2, 0) is 0 Å². The van der Waals surface area contributed by atoms with Gasteiger partial charge in [-0.15, -0.1) is 0 Å². The van der Waals surface area contributed by atoms with Gasteiger partial charge in [0.05, 0.1) is 0 Å². The smallest absolute Gasteiger partial charge is 0.00397 e. The molecule has 0 aromatic heterocycles. The van der Waals surface area contributed by atoms with E-state index in [2.05, 4.69) is 24.0 Å². The van der Waals surface area contributed by atoms with E-state index in [1.165, 1.54) is 44.9 Å². The molecule has 0 fully saturated rings. The van der Waals surface area contributed by atoms with E-state index in [4.69, 9.17) is 0 Å². The normalized spacial score (nSPS) is 16.8. The molecule has 14 heavy (non-hydrogen) atoms. The van der Waals surface area contributed by atoms with E-state index >= 15 is 0 Å². The summed E-state index contributed by atoms with van der Waals surface area (Å²) in [7, 11) is 0. The molecule has 1 rings (SSSR count). The summed E-state index contributed by atoms with van der Waals surface area (Å²) in [6.07, 6.45) is 12.0. The molecule has 1 aliphatic carbocycles. The molecule has 82 valence electrons. The summed E-state index contributed by atoms with van der Waals surface area (Å²) in [6.45, 7) is 2.21. The first kappa shape index (κ1) is 12.1. The molecule has 0 saturated heterocycles. The van der Waals surface area contributed by atoms with E-state index in [1.54, 1.807) is 5.57 Å². The fraction of sp³-hybridized carbons (Fsp3) is 0.833. The predicted octanol–water partition coefficient (Wildman–Crippen LogP) is 3.18. The maximum absolute atomic E-state index is 4.16. The molecule has 0 atom stereocenters. The van der Waals surface area contributed by atoms with Crippen LogP contribution in [0.25, 0.3) is 0 Å². The van der Waals surface area contributed by atoms with Gasteiger partial charge in [0.2, 0.25) is 0 Å². The molecule has 0 unspecified atom stereocenters. The Morgan fingerprint density at radius 3 is 2.86 bits per heavy atom. The van der Waals surface area contributed by atoms with Gasteiger partial charge in [-0.2, -0.15) is 12.6 Å². The molecule has 0 radical (unpaired) electrons. The Hall–Kier alpha value is 0.0500. The molecule has 0 spiro atoms. The number of nitrogens with one attached hydrogen (secondary N) is 1. The lowest BCUT2D eigenvalue weighted by Gasteiger charge is -2.12. The van der Waals surface area contributed by atoms with Gasteiger partial charge in [-0.05, 0) is 51.5 Å². The van der Waals surface area contributed by atoms with E-state index < -0.39 is 0 Å². The lowest BCUT2D eigenvalue weighted by atomic mass is 9.95. The fourth-order valence-electron chi connectivity index (χ4n) is 1.94. The number of hydrogen-bond acceptors (Lipinski definition) is 2. The second-order valence-electron chi connectivity index (χ2n) is 4.04. The van der Waals surface area contributed by atoms with Crippen LogP contribution in [0.2, 0.25) is 0 Å². The summed E-state index contributed by atoms with van der Waals surface area (Å²) in [5.41, 5.74) is 1.71. The van der Waals surface area contributed by atoms with Crippen molar-refractivity contribution in [1.29, 1.82) is 0 Å². The molecule has 1 N–H and O–H groups in total. The maximum Gasteiger partial charge on any atom is 0.00397 e. The lowest BCUT2D eigenvalue weighted by Crippen LogP contribution is -2.17. The number of thiol groups is 1. The van der Waals surface area contributed by atoms with E-state index in [0.717, 1.165) is 18.8 Å². The van der Waals surface area contributed by atoms with Gasteiger partial charge in [0.15, 0.2) is 0 Å². The first-order valence-corrected chi connectivity index (χ1v) is 6.56. The molecule has 0 aromatic carbocycles. The highest BCUT2D eigenvalue weighted by molar-refractivity contribution is 7.80. The zero-order valence-corrected chi connectivity index (χ0v) is 9.99. The van der Waals surface area contributed by atoms with Crippen molar-refractivity contribution in [3.63, 3.8) is 0 Å². The van der Waals surface area contributed by atoms with Crippen LogP contribution in [0.15, 0.2) is 11.6 Å². The SMILES string of the molecule is SCCNCCCCC1=CCCCC1. The van der Waals surface area contributed by atoms with E-state index in [1.807, 2.05) is 0 Å². The minimum atomic E-state index is 0.950. The molecule has 0 saturated carbocycles. The van der Waals surface area contributed by atoms with Crippen LogP contribution < -0.4 is 5.32 Å². The van der Waals surface area contributed by atoms with Gasteiger partial charge < -0.3 is 5.32 Å². The summed E-state index contributed by atoms with van der Waals surface area (Å²) in [4.78, 5) is 0. The summed E-state index contributed by atoms with van der Waals surface area (Å²) in [6, 6.07) is 0. The number of rotatable bonds is 7. The highest BCUT2D eigenvalue weighted by Gasteiger charge is 2.02. The van der Waals surface area contributed by atoms with Gasteiger partial charge in [0.25, 0.3) is 0 Å². The lowest BCUT2D eigenvalue weighted by molar-refractivity contribution is 0.613. The summed E-state index contributed by atoms with van der Waals surface area (Å²) < 4.78 is 0. The Morgan fingerprint density at radius 2 is 2.14 bits per heavy atom. The van der Waals surface area contributed by atoms with Crippen LogP contribution >= 0.6 is 12.6 Å². The standard InChI is InChI=1S/C12H23NS/c14-11-10-13-9-5-4-8-12-6-2-1-3-7-12/h6,13-14H,1-5,7-11H2. The topological polar surface area (TPSA) is 12.0 Å². The second kappa shape index (κ2) is 8.37. The third kappa shape index (κ3) is 5.71. The van der Waals surface area contributed by atoms with Crippen molar-refractivity contribution in [3.8, 4) is 0 Å². The van der Waals surface area contributed by atoms with E-state index in [-0.39, 0.29) is 0 Å². The first-order valence-electron chi connectivity index (χ1n) is 5.93. The molecule has 1 nitrogen and oxygen atoms in total. The van der Waals surface area contributed by atoms with Gasteiger partial charge in [-0.3, -0.25) is 0 Å². The van der Waals surface area contributed by atoms with Crippen LogP contribution in [-0.4, -0.2) is 18.8 Å². The Morgan fingerprint density at radius 1 is 1.21 bits per heavy atom. The van der Waals surface area contributed by atoms with Gasteiger partial charge >= 0.3 is 0 Å². The van der Waals surface area contributed by atoms with E-state index in [9.17, 15) is 0 Å². The van der Waals surface area contributed by atoms with Crippen LogP contribution in [0.4, 0.5) is 0 Å². The quantitative estimate of drug-likeness (QED) is 0.376. The number of unbranched alkanes of at least 4 members (excludes halogenated alkanes) is 1. The monoisotopic (exact) mass is 213 g/mol. The minimum Gasteiger partial charge on any atom is -0.316 e. The summed E-state index contributed by atoms with van der Waals surface area (Å²) >= 11 is 4.16. The first-order chi connectivity index (χ1) is 6.93. The number of hydrogen-bond donors (Lipinski definition) is 2.